The molecule has 0 amide bonds. The Labute approximate surface area is 134 Å². The lowest BCUT2D eigenvalue weighted by Gasteiger charge is -2.30. The second-order valence-corrected chi connectivity index (χ2v) is 6.86. The largest absolute Gasteiger partial charge is 0.345 e. The number of nitrogens with one attached hydrogen (secondary N) is 1. The standard InChI is InChI=1S/C14H12BrN5S/c15-10-5-3-9(4-6-10)12-8-11(13-2-1-7-21-13)16-14-17-18-19-20(12)14/h1-7,11-12H,8H2,(H,16,17,19)/t11-,12+/m1/s1. The van der Waals surface area contributed by atoms with Crippen molar-refractivity contribution in [3.05, 3.63) is 56.7 Å². The molecule has 106 valence electrons. The summed E-state index contributed by atoms with van der Waals surface area (Å²) in [6.45, 7) is 0. The van der Waals surface area contributed by atoms with E-state index in [-0.39, 0.29) is 12.1 Å². The first-order valence-corrected chi connectivity index (χ1v) is 8.32. The van der Waals surface area contributed by atoms with E-state index in [2.05, 4.69) is 78.6 Å². The molecule has 21 heavy (non-hydrogen) atoms. The minimum atomic E-state index is 0.149. The van der Waals surface area contributed by atoms with Crippen LogP contribution in [0.15, 0.2) is 46.3 Å². The van der Waals surface area contributed by atoms with Crippen LogP contribution in [0, 0.1) is 0 Å². The highest BCUT2D eigenvalue weighted by atomic mass is 79.9. The molecule has 0 unspecified atom stereocenters. The van der Waals surface area contributed by atoms with Crippen LogP contribution in [0.1, 0.15) is 28.9 Å². The van der Waals surface area contributed by atoms with Gasteiger partial charge in [-0.2, -0.15) is 0 Å². The van der Waals surface area contributed by atoms with Crippen LogP contribution >= 0.6 is 27.3 Å². The van der Waals surface area contributed by atoms with E-state index in [1.54, 1.807) is 11.3 Å². The molecule has 0 saturated carbocycles. The highest BCUT2D eigenvalue weighted by molar-refractivity contribution is 9.10. The fourth-order valence-electron chi connectivity index (χ4n) is 2.68. The number of rotatable bonds is 2. The Kier molecular flexibility index (Phi) is 3.23. The number of halogens is 1. The van der Waals surface area contributed by atoms with E-state index in [0.29, 0.717) is 0 Å². The number of fused-ring (bicyclic) bond motifs is 1. The molecule has 0 aliphatic carbocycles. The van der Waals surface area contributed by atoms with E-state index in [1.807, 2.05) is 4.68 Å². The number of hydrogen-bond donors (Lipinski definition) is 1. The van der Waals surface area contributed by atoms with Crippen molar-refractivity contribution in [2.45, 2.75) is 18.5 Å². The Hall–Kier alpha value is -1.73. The predicted octanol–water partition coefficient (Wildman–Crippen LogP) is 3.64. The molecule has 2 atom stereocenters. The number of nitrogens with zero attached hydrogens (tertiary/aromatic N) is 4. The predicted molar refractivity (Wildman–Crippen MR) is 85.4 cm³/mol. The molecule has 0 saturated heterocycles. The van der Waals surface area contributed by atoms with E-state index in [4.69, 9.17) is 0 Å². The molecule has 4 rings (SSSR count). The number of hydrogen-bond acceptors (Lipinski definition) is 5. The van der Waals surface area contributed by atoms with Gasteiger partial charge in [0.2, 0.25) is 5.95 Å². The van der Waals surface area contributed by atoms with Crippen LogP contribution in [0.4, 0.5) is 5.95 Å². The highest BCUT2D eigenvalue weighted by Gasteiger charge is 2.30. The van der Waals surface area contributed by atoms with E-state index >= 15 is 0 Å². The molecule has 0 radical (unpaired) electrons. The van der Waals surface area contributed by atoms with Crippen molar-refractivity contribution in [3.8, 4) is 0 Å². The van der Waals surface area contributed by atoms with Gasteiger partial charge in [-0.05, 0) is 46.0 Å². The maximum absolute atomic E-state index is 4.14. The van der Waals surface area contributed by atoms with Crippen molar-refractivity contribution in [2.75, 3.05) is 5.32 Å². The Morgan fingerprint density at radius 2 is 2.10 bits per heavy atom. The Balaban J connectivity index is 1.74. The number of anilines is 1. The molecule has 3 heterocycles. The van der Waals surface area contributed by atoms with Crippen LogP contribution in [-0.4, -0.2) is 20.2 Å². The highest BCUT2D eigenvalue weighted by Crippen LogP contribution is 2.38. The number of thiophene rings is 1. The minimum absolute atomic E-state index is 0.149. The summed E-state index contributed by atoms with van der Waals surface area (Å²) in [7, 11) is 0. The fourth-order valence-corrected chi connectivity index (χ4v) is 3.73. The quantitative estimate of drug-likeness (QED) is 0.756. The van der Waals surface area contributed by atoms with Gasteiger partial charge in [0.25, 0.3) is 0 Å². The van der Waals surface area contributed by atoms with Crippen LogP contribution in [0.2, 0.25) is 0 Å². The van der Waals surface area contributed by atoms with E-state index in [9.17, 15) is 0 Å². The van der Waals surface area contributed by atoms with Crippen LogP contribution < -0.4 is 5.32 Å². The molecule has 5 nitrogen and oxygen atoms in total. The zero-order chi connectivity index (χ0) is 14.2. The SMILES string of the molecule is Brc1ccc([C@@H]2C[C@H](c3cccs3)Nc3nnnn32)cc1. The molecule has 0 bridgehead atoms. The summed E-state index contributed by atoms with van der Waals surface area (Å²) < 4.78 is 2.94. The number of tetrazole rings is 1. The second kappa shape index (κ2) is 5.23. The van der Waals surface area contributed by atoms with Crippen molar-refractivity contribution in [1.29, 1.82) is 0 Å². The lowest BCUT2D eigenvalue weighted by Crippen LogP contribution is -2.27. The first kappa shape index (κ1) is 13.0. The third-order valence-electron chi connectivity index (χ3n) is 3.69. The van der Waals surface area contributed by atoms with Crippen LogP contribution in [-0.2, 0) is 0 Å². The average Bonchev–Trinajstić information content (AvgIpc) is 3.18. The van der Waals surface area contributed by atoms with Crippen LogP contribution in [0.5, 0.6) is 0 Å². The Morgan fingerprint density at radius 1 is 1.24 bits per heavy atom. The molecule has 2 aromatic heterocycles. The summed E-state index contributed by atoms with van der Waals surface area (Å²) in [5, 5.41) is 17.6. The molecule has 1 aliphatic rings. The van der Waals surface area contributed by atoms with Gasteiger partial charge in [0.05, 0.1) is 12.1 Å². The molecule has 1 aromatic carbocycles. The average molecular weight is 362 g/mol. The van der Waals surface area contributed by atoms with E-state index in [0.717, 1.165) is 16.8 Å². The lowest BCUT2D eigenvalue weighted by molar-refractivity contribution is 0.426. The van der Waals surface area contributed by atoms with Crippen LogP contribution in [0.25, 0.3) is 0 Å². The topological polar surface area (TPSA) is 55.6 Å². The smallest absolute Gasteiger partial charge is 0.244 e. The summed E-state index contributed by atoms with van der Waals surface area (Å²) in [5.74, 6) is 0.729. The van der Waals surface area contributed by atoms with Gasteiger partial charge in [0, 0.05) is 9.35 Å². The molecule has 0 spiro atoms. The van der Waals surface area contributed by atoms with Crippen molar-refractivity contribution in [3.63, 3.8) is 0 Å². The number of aromatic nitrogens is 4. The molecular weight excluding hydrogens is 350 g/mol. The zero-order valence-corrected chi connectivity index (χ0v) is 13.4. The third-order valence-corrected chi connectivity index (χ3v) is 5.21. The van der Waals surface area contributed by atoms with Gasteiger partial charge in [0.15, 0.2) is 0 Å². The summed E-state index contributed by atoms with van der Waals surface area (Å²) in [6.07, 6.45) is 0.931. The van der Waals surface area contributed by atoms with Crippen molar-refractivity contribution in [1.82, 2.24) is 20.2 Å². The Bertz CT molecular complexity index is 737. The van der Waals surface area contributed by atoms with Gasteiger partial charge in [-0.15, -0.1) is 11.3 Å². The lowest BCUT2D eigenvalue weighted by atomic mass is 9.97. The summed E-state index contributed by atoms with van der Waals surface area (Å²) in [4.78, 5) is 1.31. The van der Waals surface area contributed by atoms with Crippen molar-refractivity contribution >= 4 is 33.2 Å². The maximum atomic E-state index is 4.14. The first-order valence-electron chi connectivity index (χ1n) is 6.64. The van der Waals surface area contributed by atoms with Gasteiger partial charge in [-0.25, -0.2) is 4.68 Å². The molecule has 0 fully saturated rings. The summed E-state index contributed by atoms with van der Waals surface area (Å²) >= 11 is 5.24. The zero-order valence-electron chi connectivity index (χ0n) is 11.0. The fraction of sp³-hybridized carbons (Fsp3) is 0.214. The second-order valence-electron chi connectivity index (χ2n) is 4.96. The molecule has 1 N–H and O–H groups in total. The molecular formula is C14H12BrN5S. The van der Waals surface area contributed by atoms with Gasteiger partial charge in [-0.1, -0.05) is 39.2 Å². The van der Waals surface area contributed by atoms with Crippen molar-refractivity contribution in [2.24, 2.45) is 0 Å². The summed E-state index contributed by atoms with van der Waals surface area (Å²) in [6, 6.07) is 13.0. The van der Waals surface area contributed by atoms with Crippen LogP contribution in [0.3, 0.4) is 0 Å². The minimum Gasteiger partial charge on any atom is -0.345 e. The van der Waals surface area contributed by atoms with E-state index < -0.39 is 0 Å². The maximum Gasteiger partial charge on any atom is 0.244 e. The van der Waals surface area contributed by atoms with E-state index in [1.165, 1.54) is 10.4 Å². The third kappa shape index (κ3) is 2.36. The van der Waals surface area contributed by atoms with Gasteiger partial charge < -0.3 is 5.32 Å². The molecule has 1 aliphatic heterocycles. The molecule has 3 aromatic rings. The van der Waals surface area contributed by atoms with Gasteiger partial charge in [0.1, 0.15) is 0 Å². The normalized spacial score (nSPS) is 20.8. The number of benzene rings is 1. The van der Waals surface area contributed by atoms with Gasteiger partial charge >= 0.3 is 0 Å². The van der Waals surface area contributed by atoms with Gasteiger partial charge in [-0.3, -0.25) is 0 Å². The first-order chi connectivity index (χ1) is 10.3. The molecule has 7 heteroatoms. The Morgan fingerprint density at radius 3 is 2.86 bits per heavy atom. The summed E-state index contributed by atoms with van der Waals surface area (Å²) in [5.41, 5.74) is 1.22. The van der Waals surface area contributed by atoms with Crippen molar-refractivity contribution < 1.29 is 0 Å². The monoisotopic (exact) mass is 361 g/mol.